The fourth-order valence-electron chi connectivity index (χ4n) is 1.91. The molecule has 0 saturated carbocycles. The second-order valence-corrected chi connectivity index (χ2v) is 5.27. The number of rotatable bonds is 7. The Labute approximate surface area is 131 Å². The molecule has 0 heterocycles. The zero-order valence-corrected chi connectivity index (χ0v) is 12.7. The van der Waals surface area contributed by atoms with Crippen molar-refractivity contribution < 1.29 is 32.6 Å². The van der Waals surface area contributed by atoms with Gasteiger partial charge in [-0.1, -0.05) is 13.3 Å². The second kappa shape index (κ2) is 7.34. The van der Waals surface area contributed by atoms with Gasteiger partial charge in [-0.05, 0) is 37.6 Å². The van der Waals surface area contributed by atoms with Gasteiger partial charge in [-0.2, -0.15) is 13.2 Å². The molecule has 8 heteroatoms. The first-order valence-electron chi connectivity index (χ1n) is 6.93. The van der Waals surface area contributed by atoms with Gasteiger partial charge in [0.25, 0.3) is 5.91 Å². The third-order valence-electron chi connectivity index (χ3n) is 3.13. The third kappa shape index (κ3) is 5.80. The van der Waals surface area contributed by atoms with Crippen LogP contribution >= 0.6 is 0 Å². The van der Waals surface area contributed by atoms with E-state index >= 15 is 0 Å². The minimum atomic E-state index is -4.44. The molecule has 1 aromatic carbocycles. The predicted octanol–water partition coefficient (Wildman–Crippen LogP) is 3.00. The summed E-state index contributed by atoms with van der Waals surface area (Å²) in [5.41, 5.74) is -1.27. The SMILES string of the molecule is CCCC(C)(NC(=O)c1ccc(OCC(F)(F)F)cc1)C(=O)O. The monoisotopic (exact) mass is 333 g/mol. The van der Waals surface area contributed by atoms with E-state index in [1.54, 1.807) is 6.92 Å². The van der Waals surface area contributed by atoms with Crippen molar-refractivity contribution in [3.05, 3.63) is 29.8 Å². The molecule has 128 valence electrons. The Morgan fingerprint density at radius 3 is 2.22 bits per heavy atom. The number of hydrogen-bond donors (Lipinski definition) is 2. The van der Waals surface area contributed by atoms with E-state index in [0.29, 0.717) is 6.42 Å². The summed E-state index contributed by atoms with van der Waals surface area (Å²) in [5, 5.41) is 11.6. The van der Waals surface area contributed by atoms with Gasteiger partial charge < -0.3 is 15.2 Å². The van der Waals surface area contributed by atoms with E-state index in [1.165, 1.54) is 31.2 Å². The number of amides is 1. The predicted molar refractivity (Wildman–Crippen MR) is 76.4 cm³/mol. The molecule has 0 spiro atoms. The van der Waals surface area contributed by atoms with Crippen molar-refractivity contribution in [2.45, 2.75) is 38.4 Å². The number of benzene rings is 1. The van der Waals surface area contributed by atoms with Crippen LogP contribution in [0.15, 0.2) is 24.3 Å². The summed E-state index contributed by atoms with van der Waals surface area (Å²) in [6.07, 6.45) is -3.63. The number of carboxylic acid groups (broad SMARTS) is 1. The molecule has 0 saturated heterocycles. The Hall–Kier alpha value is -2.25. The standard InChI is InChI=1S/C15H18F3NO4/c1-3-8-14(2,13(21)22)19-12(20)10-4-6-11(7-5-10)23-9-15(16,17)18/h4-7H,3,8-9H2,1-2H3,(H,19,20)(H,21,22). The average molecular weight is 333 g/mol. The minimum absolute atomic E-state index is 0.0339. The zero-order valence-electron chi connectivity index (χ0n) is 12.7. The van der Waals surface area contributed by atoms with Gasteiger partial charge >= 0.3 is 12.1 Å². The van der Waals surface area contributed by atoms with E-state index in [2.05, 4.69) is 10.1 Å². The molecule has 0 aliphatic rings. The van der Waals surface area contributed by atoms with Crippen LogP contribution in [-0.4, -0.2) is 35.3 Å². The molecule has 1 amide bonds. The first-order chi connectivity index (χ1) is 10.6. The van der Waals surface area contributed by atoms with E-state index < -0.39 is 30.2 Å². The largest absolute Gasteiger partial charge is 0.484 e. The molecule has 1 atom stereocenters. The number of carboxylic acids is 1. The smallest absolute Gasteiger partial charge is 0.422 e. The fraction of sp³-hybridized carbons (Fsp3) is 0.467. The number of alkyl halides is 3. The maximum absolute atomic E-state index is 12.1. The summed E-state index contributed by atoms with van der Waals surface area (Å²) in [7, 11) is 0. The fourth-order valence-corrected chi connectivity index (χ4v) is 1.91. The zero-order chi connectivity index (χ0) is 17.7. The van der Waals surface area contributed by atoms with E-state index in [-0.39, 0.29) is 17.7 Å². The van der Waals surface area contributed by atoms with Gasteiger partial charge in [-0.25, -0.2) is 4.79 Å². The molecule has 0 aromatic heterocycles. The maximum atomic E-state index is 12.1. The van der Waals surface area contributed by atoms with Crippen molar-refractivity contribution in [2.75, 3.05) is 6.61 Å². The van der Waals surface area contributed by atoms with Crippen molar-refractivity contribution in [2.24, 2.45) is 0 Å². The Balaban J connectivity index is 2.75. The first kappa shape index (κ1) is 18.8. The topological polar surface area (TPSA) is 75.6 Å². The van der Waals surface area contributed by atoms with Crippen LogP contribution in [0.4, 0.5) is 13.2 Å². The highest BCUT2D eigenvalue weighted by Crippen LogP contribution is 2.19. The van der Waals surface area contributed by atoms with Crippen LogP contribution in [0.2, 0.25) is 0 Å². The highest BCUT2D eigenvalue weighted by Gasteiger charge is 2.34. The summed E-state index contributed by atoms with van der Waals surface area (Å²) in [6.45, 7) is 1.77. The number of aliphatic carboxylic acids is 1. The van der Waals surface area contributed by atoms with E-state index in [0.717, 1.165) is 0 Å². The van der Waals surface area contributed by atoms with Gasteiger partial charge in [0.1, 0.15) is 11.3 Å². The first-order valence-corrected chi connectivity index (χ1v) is 6.93. The Morgan fingerprint density at radius 2 is 1.78 bits per heavy atom. The molecule has 0 aliphatic heterocycles. The van der Waals surface area contributed by atoms with Crippen LogP contribution in [0.3, 0.4) is 0 Å². The van der Waals surface area contributed by atoms with Crippen LogP contribution in [0.5, 0.6) is 5.75 Å². The summed E-state index contributed by atoms with van der Waals surface area (Å²) >= 11 is 0. The van der Waals surface area contributed by atoms with Crippen molar-refractivity contribution in [3.63, 3.8) is 0 Å². The minimum Gasteiger partial charge on any atom is -0.484 e. The summed E-state index contributed by atoms with van der Waals surface area (Å²) < 4.78 is 40.6. The maximum Gasteiger partial charge on any atom is 0.422 e. The van der Waals surface area contributed by atoms with Crippen LogP contribution in [0, 0.1) is 0 Å². The normalized spacial score (nSPS) is 14.0. The Morgan fingerprint density at radius 1 is 1.22 bits per heavy atom. The Kier molecular flexibility index (Phi) is 6.00. The summed E-state index contributed by atoms with van der Waals surface area (Å²) in [5.74, 6) is -1.81. The number of carbonyl (C=O) groups is 2. The molecule has 1 aromatic rings. The van der Waals surface area contributed by atoms with Crippen molar-refractivity contribution in [3.8, 4) is 5.75 Å². The highest BCUT2D eigenvalue weighted by molar-refractivity contribution is 5.97. The van der Waals surface area contributed by atoms with Gasteiger partial charge in [-0.15, -0.1) is 0 Å². The van der Waals surface area contributed by atoms with Gasteiger partial charge in [0.05, 0.1) is 0 Å². The molecule has 5 nitrogen and oxygen atoms in total. The molecular formula is C15H18F3NO4. The van der Waals surface area contributed by atoms with E-state index in [1.807, 2.05) is 0 Å². The van der Waals surface area contributed by atoms with E-state index in [4.69, 9.17) is 0 Å². The van der Waals surface area contributed by atoms with Crippen LogP contribution in [0.25, 0.3) is 0 Å². The number of hydrogen-bond acceptors (Lipinski definition) is 3. The number of nitrogens with one attached hydrogen (secondary N) is 1. The average Bonchev–Trinajstić information content (AvgIpc) is 2.45. The molecular weight excluding hydrogens is 315 g/mol. The lowest BCUT2D eigenvalue weighted by Crippen LogP contribution is -2.52. The van der Waals surface area contributed by atoms with Crippen LogP contribution in [0.1, 0.15) is 37.0 Å². The quantitative estimate of drug-likeness (QED) is 0.804. The van der Waals surface area contributed by atoms with Gasteiger partial charge in [0.2, 0.25) is 0 Å². The molecule has 1 unspecified atom stereocenters. The second-order valence-electron chi connectivity index (χ2n) is 5.27. The number of carbonyl (C=O) groups excluding carboxylic acids is 1. The molecule has 2 N–H and O–H groups in total. The Bertz CT molecular complexity index is 557. The molecule has 0 radical (unpaired) electrons. The van der Waals surface area contributed by atoms with Gasteiger partial charge in [0.15, 0.2) is 6.61 Å². The van der Waals surface area contributed by atoms with Crippen LogP contribution < -0.4 is 10.1 Å². The lowest BCUT2D eigenvalue weighted by Gasteiger charge is -2.25. The molecule has 1 rings (SSSR count). The number of halogens is 3. The molecule has 0 fully saturated rings. The lowest BCUT2D eigenvalue weighted by atomic mass is 9.96. The van der Waals surface area contributed by atoms with Crippen molar-refractivity contribution in [1.29, 1.82) is 0 Å². The molecule has 0 bridgehead atoms. The third-order valence-corrected chi connectivity index (χ3v) is 3.13. The van der Waals surface area contributed by atoms with Crippen LogP contribution in [-0.2, 0) is 4.79 Å². The van der Waals surface area contributed by atoms with Gasteiger partial charge in [0, 0.05) is 5.56 Å². The van der Waals surface area contributed by atoms with Crippen molar-refractivity contribution >= 4 is 11.9 Å². The van der Waals surface area contributed by atoms with E-state index in [9.17, 15) is 27.9 Å². The lowest BCUT2D eigenvalue weighted by molar-refractivity contribution is -0.153. The molecule has 0 aliphatic carbocycles. The summed E-state index contributed by atoms with van der Waals surface area (Å²) in [4.78, 5) is 23.3. The molecule has 23 heavy (non-hydrogen) atoms. The highest BCUT2D eigenvalue weighted by atomic mass is 19.4. The number of ether oxygens (including phenoxy) is 1. The summed E-state index contributed by atoms with van der Waals surface area (Å²) in [6, 6.07) is 4.99. The van der Waals surface area contributed by atoms with Crippen molar-refractivity contribution in [1.82, 2.24) is 5.32 Å². The van der Waals surface area contributed by atoms with Gasteiger partial charge in [-0.3, -0.25) is 4.79 Å².